The Morgan fingerprint density at radius 2 is 1.77 bits per heavy atom. The number of aryl methyl sites for hydroxylation is 1. The van der Waals surface area contributed by atoms with Crippen molar-refractivity contribution in [3.05, 3.63) is 57.3 Å². The van der Waals surface area contributed by atoms with E-state index in [1.54, 1.807) is 11.8 Å². The van der Waals surface area contributed by atoms with Crippen LogP contribution in [0.5, 0.6) is 5.75 Å². The number of thiazole rings is 1. The van der Waals surface area contributed by atoms with Gasteiger partial charge in [-0.3, -0.25) is 9.59 Å². The largest absolute Gasteiger partial charge is 0.493 e. The molecule has 1 aliphatic heterocycles. The maximum absolute atomic E-state index is 13.3. The molecule has 31 heavy (non-hydrogen) atoms. The van der Waals surface area contributed by atoms with E-state index in [0.29, 0.717) is 35.0 Å². The minimum absolute atomic E-state index is 0.0328. The zero-order valence-corrected chi connectivity index (χ0v) is 18.9. The molecular formula is C21H23N3O5S2. The summed E-state index contributed by atoms with van der Waals surface area (Å²) in [5.41, 5.74) is 0.808. The summed E-state index contributed by atoms with van der Waals surface area (Å²) in [5.74, 6) is 0.336. The van der Waals surface area contributed by atoms with E-state index in [9.17, 15) is 18.0 Å². The van der Waals surface area contributed by atoms with E-state index >= 15 is 0 Å². The molecule has 1 N–H and O–H groups in total. The zero-order chi connectivity index (χ0) is 22.2. The Morgan fingerprint density at radius 3 is 2.35 bits per heavy atom. The van der Waals surface area contributed by atoms with Crippen molar-refractivity contribution in [3.63, 3.8) is 0 Å². The molecule has 1 fully saturated rings. The smallest absolute Gasteiger partial charge is 0.305 e. The van der Waals surface area contributed by atoms with E-state index in [-0.39, 0.29) is 36.3 Å². The third kappa shape index (κ3) is 4.10. The van der Waals surface area contributed by atoms with Crippen molar-refractivity contribution in [1.29, 1.82) is 0 Å². The number of H-pyrrole nitrogens is 1. The molecule has 2 aromatic carbocycles. The van der Waals surface area contributed by atoms with Crippen LogP contribution in [0.2, 0.25) is 0 Å². The lowest BCUT2D eigenvalue weighted by molar-refractivity contribution is 0.0694. The van der Waals surface area contributed by atoms with Crippen LogP contribution in [0.3, 0.4) is 0 Å². The summed E-state index contributed by atoms with van der Waals surface area (Å²) in [6, 6.07) is 11.4. The average molecular weight is 462 g/mol. The van der Waals surface area contributed by atoms with Gasteiger partial charge in [-0.15, -0.1) is 0 Å². The number of hydrogen-bond donors (Lipinski definition) is 1. The summed E-state index contributed by atoms with van der Waals surface area (Å²) in [6.07, 6.45) is 0. The molecule has 0 spiro atoms. The van der Waals surface area contributed by atoms with E-state index in [2.05, 4.69) is 4.98 Å². The number of carbonyl (C=O) groups excluding carboxylic acids is 1. The summed E-state index contributed by atoms with van der Waals surface area (Å²) in [6.45, 7) is 4.71. The van der Waals surface area contributed by atoms with Gasteiger partial charge in [0.25, 0.3) is 15.9 Å². The van der Waals surface area contributed by atoms with Gasteiger partial charge in [0.05, 0.1) is 12.2 Å². The normalized spacial score (nSPS) is 15.4. The monoisotopic (exact) mass is 461 g/mol. The molecule has 0 atom stereocenters. The van der Waals surface area contributed by atoms with Crippen molar-refractivity contribution in [3.8, 4) is 5.75 Å². The van der Waals surface area contributed by atoms with Crippen molar-refractivity contribution < 1.29 is 17.9 Å². The summed E-state index contributed by atoms with van der Waals surface area (Å²) >= 11 is 0.690. The van der Waals surface area contributed by atoms with Crippen LogP contribution in [0.25, 0.3) is 10.8 Å². The number of hydrogen-bond acceptors (Lipinski definition) is 6. The molecule has 1 saturated heterocycles. The predicted molar refractivity (Wildman–Crippen MR) is 119 cm³/mol. The SMILES string of the molecule is CCOc1cc2ccccc2cc1C(=O)N1CCN(S(=O)(=O)c2sc(=O)[nH]c2C)CC1. The number of carbonyl (C=O) groups is 1. The first-order chi connectivity index (χ1) is 14.8. The van der Waals surface area contributed by atoms with Gasteiger partial charge in [-0.05, 0) is 36.8 Å². The van der Waals surface area contributed by atoms with Crippen molar-refractivity contribution in [1.82, 2.24) is 14.2 Å². The predicted octanol–water partition coefficient (Wildman–Crippen LogP) is 2.44. The Balaban J connectivity index is 1.55. The lowest BCUT2D eigenvalue weighted by Gasteiger charge is -2.34. The fourth-order valence-electron chi connectivity index (χ4n) is 3.72. The minimum Gasteiger partial charge on any atom is -0.493 e. The molecule has 2 heterocycles. The van der Waals surface area contributed by atoms with E-state index in [1.165, 1.54) is 4.31 Å². The van der Waals surface area contributed by atoms with Gasteiger partial charge in [0.1, 0.15) is 5.75 Å². The maximum Gasteiger partial charge on any atom is 0.305 e. The Morgan fingerprint density at radius 1 is 1.13 bits per heavy atom. The van der Waals surface area contributed by atoms with Crippen molar-refractivity contribution in [2.75, 3.05) is 32.8 Å². The second-order valence-electron chi connectivity index (χ2n) is 7.25. The van der Waals surface area contributed by atoms with Gasteiger partial charge in [-0.2, -0.15) is 4.31 Å². The number of amides is 1. The molecule has 3 aromatic rings. The number of sulfonamides is 1. The van der Waals surface area contributed by atoms with Crippen LogP contribution in [-0.4, -0.2) is 61.3 Å². The van der Waals surface area contributed by atoms with Gasteiger partial charge in [0, 0.05) is 31.9 Å². The lowest BCUT2D eigenvalue weighted by Crippen LogP contribution is -2.50. The number of ether oxygens (including phenoxy) is 1. The molecular weight excluding hydrogens is 438 g/mol. The maximum atomic E-state index is 13.3. The molecule has 4 rings (SSSR count). The summed E-state index contributed by atoms with van der Waals surface area (Å²) in [5, 5.41) is 1.92. The Labute approximate surface area is 184 Å². The highest BCUT2D eigenvalue weighted by molar-refractivity contribution is 7.91. The highest BCUT2D eigenvalue weighted by Gasteiger charge is 2.33. The summed E-state index contributed by atoms with van der Waals surface area (Å²) in [7, 11) is -3.77. The third-order valence-corrected chi connectivity index (χ3v) is 8.74. The number of nitrogens with zero attached hydrogens (tertiary/aromatic N) is 2. The highest BCUT2D eigenvalue weighted by atomic mass is 32.2. The number of benzene rings is 2. The highest BCUT2D eigenvalue weighted by Crippen LogP contribution is 2.28. The van der Waals surface area contributed by atoms with Crippen LogP contribution in [0.15, 0.2) is 45.4 Å². The number of rotatable bonds is 5. The average Bonchev–Trinajstić information content (AvgIpc) is 3.12. The number of aromatic nitrogens is 1. The molecule has 0 radical (unpaired) electrons. The van der Waals surface area contributed by atoms with Crippen LogP contribution < -0.4 is 9.61 Å². The van der Waals surface area contributed by atoms with E-state index in [4.69, 9.17) is 4.74 Å². The van der Waals surface area contributed by atoms with Gasteiger partial charge in [0.2, 0.25) is 0 Å². The minimum atomic E-state index is -3.77. The fraction of sp³-hybridized carbons (Fsp3) is 0.333. The van der Waals surface area contributed by atoms with Crippen LogP contribution in [0.4, 0.5) is 0 Å². The van der Waals surface area contributed by atoms with Gasteiger partial charge in [-0.1, -0.05) is 35.6 Å². The number of piperazine rings is 1. The first-order valence-electron chi connectivity index (χ1n) is 9.96. The van der Waals surface area contributed by atoms with Gasteiger partial charge < -0.3 is 14.6 Å². The standard InChI is InChI=1S/C21H23N3O5S2/c1-3-29-18-13-16-7-5-4-6-15(16)12-17(18)19(25)23-8-10-24(11-9-23)31(27,28)20-14(2)22-21(26)30-20/h4-7,12-13H,3,8-11H2,1-2H3,(H,22,26). The van der Waals surface area contributed by atoms with Crippen LogP contribution in [0.1, 0.15) is 23.0 Å². The number of fused-ring (bicyclic) bond motifs is 1. The zero-order valence-electron chi connectivity index (χ0n) is 17.3. The summed E-state index contributed by atoms with van der Waals surface area (Å²) in [4.78, 5) is 28.5. The third-order valence-electron chi connectivity index (χ3n) is 5.26. The lowest BCUT2D eigenvalue weighted by atomic mass is 10.0. The molecule has 0 unspecified atom stereocenters. The first kappa shape index (κ1) is 21.5. The van der Waals surface area contributed by atoms with Crippen LogP contribution in [0, 0.1) is 6.92 Å². The van der Waals surface area contributed by atoms with Gasteiger partial charge >= 0.3 is 4.87 Å². The fourth-order valence-corrected chi connectivity index (χ4v) is 6.57. The second-order valence-corrected chi connectivity index (χ2v) is 10.4. The molecule has 1 aliphatic rings. The van der Waals surface area contributed by atoms with Crippen LogP contribution in [-0.2, 0) is 10.0 Å². The van der Waals surface area contributed by atoms with Crippen molar-refractivity contribution in [2.45, 2.75) is 18.1 Å². The molecule has 8 nitrogen and oxygen atoms in total. The molecule has 0 bridgehead atoms. The Kier molecular flexibility index (Phi) is 5.87. The van der Waals surface area contributed by atoms with Crippen molar-refractivity contribution in [2.24, 2.45) is 0 Å². The first-order valence-corrected chi connectivity index (χ1v) is 12.2. The number of aromatic amines is 1. The number of nitrogens with one attached hydrogen (secondary N) is 1. The van der Waals surface area contributed by atoms with Crippen LogP contribution >= 0.6 is 11.3 Å². The van der Waals surface area contributed by atoms with E-state index < -0.39 is 14.9 Å². The molecule has 0 aliphatic carbocycles. The Hall–Kier alpha value is -2.69. The molecule has 1 aromatic heterocycles. The van der Waals surface area contributed by atoms with E-state index in [0.717, 1.165) is 10.8 Å². The van der Waals surface area contributed by atoms with Crippen molar-refractivity contribution >= 4 is 38.0 Å². The quantitative estimate of drug-likeness (QED) is 0.629. The van der Waals surface area contributed by atoms with Gasteiger partial charge in [-0.25, -0.2) is 8.42 Å². The Bertz CT molecular complexity index is 1290. The second kappa shape index (κ2) is 8.45. The summed E-state index contributed by atoms with van der Waals surface area (Å²) < 4.78 is 32.9. The molecule has 1 amide bonds. The van der Waals surface area contributed by atoms with Gasteiger partial charge in [0.15, 0.2) is 4.21 Å². The van der Waals surface area contributed by atoms with E-state index in [1.807, 2.05) is 43.3 Å². The molecule has 0 saturated carbocycles. The topological polar surface area (TPSA) is 99.8 Å². The molecule has 164 valence electrons. The molecule has 10 heteroatoms.